The molecule has 0 spiro atoms. The molecule has 1 aromatic carbocycles. The van der Waals surface area contributed by atoms with Crippen molar-refractivity contribution in [3.63, 3.8) is 0 Å². The molecule has 5 nitrogen and oxygen atoms in total. The van der Waals surface area contributed by atoms with Crippen molar-refractivity contribution >= 4 is 11.6 Å². The van der Waals surface area contributed by atoms with Crippen LogP contribution in [-0.2, 0) is 11.3 Å². The van der Waals surface area contributed by atoms with Gasteiger partial charge in [-0.25, -0.2) is 4.99 Å². The van der Waals surface area contributed by atoms with Crippen LogP contribution in [0.3, 0.4) is 0 Å². The van der Waals surface area contributed by atoms with E-state index in [1.807, 2.05) is 14.1 Å². The highest BCUT2D eigenvalue weighted by molar-refractivity contribution is 5.79. The molecule has 0 saturated heterocycles. The van der Waals surface area contributed by atoms with E-state index in [0.717, 1.165) is 32.1 Å². The Labute approximate surface area is 128 Å². The lowest BCUT2D eigenvalue weighted by molar-refractivity contribution is 0.195. The van der Waals surface area contributed by atoms with Crippen LogP contribution < -0.4 is 15.5 Å². The summed E-state index contributed by atoms with van der Waals surface area (Å²) in [5, 5.41) is 6.56. The lowest BCUT2D eigenvalue weighted by atomic mass is 10.2. The van der Waals surface area contributed by atoms with Crippen molar-refractivity contribution in [3.05, 3.63) is 29.8 Å². The van der Waals surface area contributed by atoms with Crippen molar-refractivity contribution in [2.75, 3.05) is 45.8 Å². The van der Waals surface area contributed by atoms with Crippen molar-refractivity contribution in [2.45, 2.75) is 19.9 Å². The smallest absolute Gasteiger partial charge is 0.191 e. The zero-order valence-electron chi connectivity index (χ0n) is 13.6. The van der Waals surface area contributed by atoms with Crippen molar-refractivity contribution < 1.29 is 4.74 Å². The molecule has 5 heteroatoms. The Hall–Kier alpha value is -1.75. The van der Waals surface area contributed by atoms with E-state index in [9.17, 15) is 0 Å². The van der Waals surface area contributed by atoms with E-state index in [-0.39, 0.29) is 0 Å². The monoisotopic (exact) mass is 292 g/mol. The fourth-order valence-corrected chi connectivity index (χ4v) is 1.83. The first kappa shape index (κ1) is 17.3. The number of methoxy groups -OCH3 is 1. The maximum atomic E-state index is 5.04. The number of anilines is 1. The molecule has 0 aromatic heterocycles. The molecule has 0 amide bonds. The predicted octanol–water partition coefficient (Wildman–Crippen LogP) is 1.84. The van der Waals surface area contributed by atoms with Gasteiger partial charge in [0, 0.05) is 46.6 Å². The topological polar surface area (TPSA) is 48.9 Å². The highest BCUT2D eigenvalue weighted by Gasteiger charge is 1.98. The minimum absolute atomic E-state index is 0.674. The van der Waals surface area contributed by atoms with Crippen molar-refractivity contribution in [1.82, 2.24) is 10.6 Å². The predicted molar refractivity (Wildman–Crippen MR) is 90.1 cm³/mol. The Morgan fingerprint density at radius 1 is 1.19 bits per heavy atom. The summed E-state index contributed by atoms with van der Waals surface area (Å²) < 4.78 is 5.04. The van der Waals surface area contributed by atoms with Gasteiger partial charge in [-0.2, -0.15) is 0 Å². The minimum Gasteiger partial charge on any atom is -0.385 e. The van der Waals surface area contributed by atoms with Crippen LogP contribution in [0.15, 0.2) is 29.3 Å². The average Bonchev–Trinajstić information content (AvgIpc) is 2.49. The summed E-state index contributed by atoms with van der Waals surface area (Å²) >= 11 is 0. The van der Waals surface area contributed by atoms with Gasteiger partial charge in [0.15, 0.2) is 5.96 Å². The summed E-state index contributed by atoms with van der Waals surface area (Å²) in [6.45, 7) is 5.22. The maximum absolute atomic E-state index is 5.04. The lowest BCUT2D eigenvalue weighted by Gasteiger charge is -2.13. The van der Waals surface area contributed by atoms with E-state index in [1.165, 1.54) is 11.3 Å². The molecule has 0 heterocycles. The standard InChI is InChI=1S/C16H28N4O/c1-5-17-16(18-11-6-12-21-4)19-13-14-7-9-15(10-8-14)20(2)3/h7-10H,5-6,11-13H2,1-4H3,(H2,17,18,19). The Morgan fingerprint density at radius 3 is 2.48 bits per heavy atom. The molecule has 0 bridgehead atoms. The Bertz CT molecular complexity index is 415. The Morgan fingerprint density at radius 2 is 1.90 bits per heavy atom. The molecule has 1 aromatic rings. The molecule has 118 valence electrons. The molecule has 0 saturated carbocycles. The maximum Gasteiger partial charge on any atom is 0.191 e. The molecule has 0 unspecified atom stereocenters. The largest absolute Gasteiger partial charge is 0.385 e. The first-order valence-corrected chi connectivity index (χ1v) is 7.44. The van der Waals surface area contributed by atoms with Gasteiger partial charge in [-0.05, 0) is 31.0 Å². The fourth-order valence-electron chi connectivity index (χ4n) is 1.83. The number of nitrogens with zero attached hydrogens (tertiary/aromatic N) is 2. The summed E-state index contributed by atoms with van der Waals surface area (Å²) in [6, 6.07) is 8.47. The average molecular weight is 292 g/mol. The van der Waals surface area contributed by atoms with E-state index in [2.05, 4.69) is 51.7 Å². The van der Waals surface area contributed by atoms with Gasteiger partial charge in [-0.3, -0.25) is 0 Å². The van der Waals surface area contributed by atoms with Crippen molar-refractivity contribution in [2.24, 2.45) is 4.99 Å². The van der Waals surface area contributed by atoms with Gasteiger partial charge in [-0.15, -0.1) is 0 Å². The van der Waals surface area contributed by atoms with E-state index in [4.69, 9.17) is 4.74 Å². The van der Waals surface area contributed by atoms with Gasteiger partial charge in [-0.1, -0.05) is 12.1 Å². The molecule has 21 heavy (non-hydrogen) atoms. The Kier molecular flexibility index (Phi) is 8.28. The van der Waals surface area contributed by atoms with E-state index in [0.29, 0.717) is 6.54 Å². The normalized spacial score (nSPS) is 11.3. The third kappa shape index (κ3) is 6.99. The van der Waals surface area contributed by atoms with Crippen LogP contribution in [0, 0.1) is 0 Å². The molecule has 1 rings (SSSR count). The van der Waals surface area contributed by atoms with E-state index in [1.54, 1.807) is 7.11 Å². The molecular formula is C16H28N4O. The number of ether oxygens (including phenoxy) is 1. The molecule has 0 radical (unpaired) electrons. The minimum atomic E-state index is 0.674. The number of hydrogen-bond acceptors (Lipinski definition) is 3. The van der Waals surface area contributed by atoms with Gasteiger partial charge < -0.3 is 20.3 Å². The Balaban J connectivity index is 2.51. The fraction of sp³-hybridized carbons (Fsp3) is 0.562. The van der Waals surface area contributed by atoms with Gasteiger partial charge >= 0.3 is 0 Å². The second-order valence-electron chi connectivity index (χ2n) is 5.03. The second-order valence-corrected chi connectivity index (χ2v) is 5.03. The third-order valence-corrected chi connectivity index (χ3v) is 3.03. The van der Waals surface area contributed by atoms with Gasteiger partial charge in [0.25, 0.3) is 0 Å². The second kappa shape index (κ2) is 10.0. The van der Waals surface area contributed by atoms with E-state index >= 15 is 0 Å². The zero-order chi connectivity index (χ0) is 15.5. The molecule has 0 aliphatic carbocycles. The summed E-state index contributed by atoms with van der Waals surface area (Å²) in [7, 11) is 5.80. The summed E-state index contributed by atoms with van der Waals surface area (Å²) in [5.41, 5.74) is 2.40. The number of guanidine groups is 1. The lowest BCUT2D eigenvalue weighted by Crippen LogP contribution is -2.38. The van der Waals surface area contributed by atoms with Crippen LogP contribution in [0.1, 0.15) is 18.9 Å². The number of rotatable bonds is 8. The van der Waals surface area contributed by atoms with Crippen molar-refractivity contribution in [3.8, 4) is 0 Å². The molecular weight excluding hydrogens is 264 g/mol. The number of aliphatic imine (C=N–C) groups is 1. The molecule has 0 aliphatic rings. The highest BCUT2D eigenvalue weighted by atomic mass is 16.5. The number of nitrogens with one attached hydrogen (secondary N) is 2. The molecule has 2 N–H and O–H groups in total. The van der Waals surface area contributed by atoms with Crippen molar-refractivity contribution in [1.29, 1.82) is 0 Å². The van der Waals surface area contributed by atoms with Crippen LogP contribution in [0.25, 0.3) is 0 Å². The number of hydrogen-bond donors (Lipinski definition) is 2. The first-order chi connectivity index (χ1) is 10.2. The van der Waals surface area contributed by atoms with Gasteiger partial charge in [0.05, 0.1) is 6.54 Å². The van der Waals surface area contributed by atoms with Gasteiger partial charge in [0.1, 0.15) is 0 Å². The molecule has 0 fully saturated rings. The van der Waals surface area contributed by atoms with Crippen LogP contribution in [-0.4, -0.2) is 46.9 Å². The molecule has 0 atom stereocenters. The zero-order valence-corrected chi connectivity index (χ0v) is 13.6. The van der Waals surface area contributed by atoms with Crippen LogP contribution in [0.4, 0.5) is 5.69 Å². The summed E-state index contributed by atoms with van der Waals surface area (Å²) in [5.74, 6) is 0.852. The van der Waals surface area contributed by atoms with Crippen LogP contribution in [0.2, 0.25) is 0 Å². The first-order valence-electron chi connectivity index (χ1n) is 7.44. The molecule has 0 aliphatic heterocycles. The quantitative estimate of drug-likeness (QED) is 0.436. The SMILES string of the molecule is CCNC(=NCc1ccc(N(C)C)cc1)NCCCOC. The third-order valence-electron chi connectivity index (χ3n) is 3.03. The van der Waals surface area contributed by atoms with Gasteiger partial charge in [0.2, 0.25) is 0 Å². The van der Waals surface area contributed by atoms with Crippen LogP contribution >= 0.6 is 0 Å². The summed E-state index contributed by atoms with van der Waals surface area (Å²) in [4.78, 5) is 6.69. The number of benzene rings is 1. The summed E-state index contributed by atoms with van der Waals surface area (Å²) in [6.07, 6.45) is 0.971. The van der Waals surface area contributed by atoms with Crippen LogP contribution in [0.5, 0.6) is 0 Å². The van der Waals surface area contributed by atoms with E-state index < -0.39 is 0 Å². The highest BCUT2D eigenvalue weighted by Crippen LogP contribution is 2.12.